The highest BCUT2D eigenvalue weighted by molar-refractivity contribution is 7.90. The van der Waals surface area contributed by atoms with Gasteiger partial charge < -0.3 is 4.90 Å². The van der Waals surface area contributed by atoms with Gasteiger partial charge >= 0.3 is 0 Å². The predicted molar refractivity (Wildman–Crippen MR) is 97.8 cm³/mol. The number of carbonyl (C=O) groups excluding carboxylic acids is 1. The van der Waals surface area contributed by atoms with E-state index in [-0.39, 0.29) is 6.04 Å². The second-order valence-corrected chi connectivity index (χ2v) is 8.61. The summed E-state index contributed by atoms with van der Waals surface area (Å²) in [7, 11) is -3.26. The molecule has 0 radical (unpaired) electrons. The van der Waals surface area contributed by atoms with Crippen LogP contribution in [0.3, 0.4) is 0 Å². The van der Waals surface area contributed by atoms with Crippen molar-refractivity contribution in [3.05, 3.63) is 35.9 Å². The van der Waals surface area contributed by atoms with Gasteiger partial charge in [-0.2, -0.15) is 0 Å². The third-order valence-electron chi connectivity index (χ3n) is 4.25. The normalized spacial score (nSPS) is 16.6. The fraction of sp³-hybridized carbons (Fsp3) is 0.471. The first-order valence-corrected chi connectivity index (χ1v) is 9.85. The highest BCUT2D eigenvalue weighted by Gasteiger charge is 2.25. The lowest BCUT2D eigenvalue weighted by atomic mass is 10.0. The number of hydrogen-bond donors (Lipinski definition) is 3. The molecular weight excluding hydrogens is 342 g/mol. The number of nitrogens with zero attached hydrogens (tertiary/aromatic N) is 1. The molecule has 138 valence electrons. The summed E-state index contributed by atoms with van der Waals surface area (Å²) < 4.78 is 26.8. The van der Waals surface area contributed by atoms with Crippen molar-refractivity contribution in [3.8, 4) is 0 Å². The minimum absolute atomic E-state index is 0.0495. The molecule has 0 atom stereocenters. The summed E-state index contributed by atoms with van der Waals surface area (Å²) in [6.45, 7) is 4.79. The predicted octanol–water partition coefficient (Wildman–Crippen LogP) is 1.50. The Bertz CT molecular complexity index is 723. The molecule has 0 aromatic heterocycles. The maximum Gasteiger partial charge on any atom is 0.267 e. The van der Waals surface area contributed by atoms with Crippen molar-refractivity contribution >= 4 is 27.7 Å². The Morgan fingerprint density at radius 1 is 1.28 bits per heavy atom. The van der Waals surface area contributed by atoms with Gasteiger partial charge in [0.2, 0.25) is 10.0 Å². The molecule has 1 aliphatic heterocycles. The maximum atomic E-state index is 12.0. The van der Waals surface area contributed by atoms with Crippen LogP contribution in [0, 0.1) is 0 Å². The molecule has 8 heteroatoms. The number of rotatable bonds is 6. The van der Waals surface area contributed by atoms with Crippen molar-refractivity contribution in [3.63, 3.8) is 0 Å². The average molecular weight is 367 g/mol. The Morgan fingerprint density at radius 2 is 1.92 bits per heavy atom. The molecule has 1 amide bonds. The van der Waals surface area contributed by atoms with Crippen LogP contribution in [-0.2, 0) is 14.8 Å². The van der Waals surface area contributed by atoms with Crippen molar-refractivity contribution in [1.82, 2.24) is 10.2 Å². The molecule has 1 heterocycles. The Hall–Kier alpha value is -1.90. The van der Waals surface area contributed by atoms with Gasteiger partial charge in [0.25, 0.3) is 5.91 Å². The average Bonchev–Trinajstić information content (AvgIpc) is 2.60. The van der Waals surface area contributed by atoms with Crippen LogP contribution >= 0.6 is 0 Å². The minimum atomic E-state index is -3.26. The number of benzene rings is 1. The van der Waals surface area contributed by atoms with E-state index in [9.17, 15) is 13.2 Å². The lowest BCUT2D eigenvalue weighted by molar-refractivity contribution is -0.124. The number of amides is 1. The molecule has 1 aliphatic rings. The summed E-state index contributed by atoms with van der Waals surface area (Å²) in [5.41, 5.74) is 3.42. The zero-order valence-electron chi connectivity index (χ0n) is 14.5. The largest absolute Gasteiger partial charge is 0.371 e. The molecular formula is C17H25N3O4S. The van der Waals surface area contributed by atoms with E-state index in [0.717, 1.165) is 37.2 Å². The number of sulfonamides is 1. The molecule has 25 heavy (non-hydrogen) atoms. The zero-order valence-corrected chi connectivity index (χ0v) is 15.3. The smallest absolute Gasteiger partial charge is 0.267 e. The first-order chi connectivity index (χ1) is 11.8. The van der Waals surface area contributed by atoms with Crippen LogP contribution in [0.25, 0.3) is 6.08 Å². The molecule has 0 spiro atoms. The topological polar surface area (TPSA) is 98.7 Å². The maximum absolute atomic E-state index is 12.0. The van der Waals surface area contributed by atoms with Crippen molar-refractivity contribution in [2.75, 3.05) is 18.0 Å². The van der Waals surface area contributed by atoms with E-state index < -0.39 is 21.2 Å². The van der Waals surface area contributed by atoms with E-state index in [4.69, 9.17) is 5.21 Å². The standard InChI is InChI=1S/C17H25N3O4S/c1-13(2)25(23,24)19-15-9-11-20(12-10-15)16-6-4-3-5-14(16)7-8-17(21)18-22/h3-8,13,15,19,22H,9-12H2,1-2H3,(H,18,21)/b8-7+. The molecule has 1 aromatic carbocycles. The first kappa shape index (κ1) is 19.4. The van der Waals surface area contributed by atoms with Gasteiger partial charge in [-0.05, 0) is 44.4 Å². The van der Waals surface area contributed by atoms with E-state index in [1.165, 1.54) is 6.08 Å². The molecule has 1 aromatic rings. The van der Waals surface area contributed by atoms with Crippen LogP contribution in [0.4, 0.5) is 5.69 Å². The summed E-state index contributed by atoms with van der Waals surface area (Å²) in [5.74, 6) is -0.586. The molecule has 2 rings (SSSR count). The Balaban J connectivity index is 2.04. The van der Waals surface area contributed by atoms with Crippen LogP contribution in [0.15, 0.2) is 30.3 Å². The third kappa shape index (κ3) is 5.29. The van der Waals surface area contributed by atoms with Gasteiger partial charge in [-0.3, -0.25) is 10.0 Å². The fourth-order valence-electron chi connectivity index (χ4n) is 2.73. The highest BCUT2D eigenvalue weighted by atomic mass is 32.2. The first-order valence-electron chi connectivity index (χ1n) is 8.30. The zero-order chi connectivity index (χ0) is 18.4. The number of piperidine rings is 1. The second-order valence-electron chi connectivity index (χ2n) is 6.34. The summed E-state index contributed by atoms with van der Waals surface area (Å²) in [4.78, 5) is 13.4. The SMILES string of the molecule is CC(C)S(=O)(=O)NC1CCN(c2ccccc2/C=C/C(=O)NO)CC1. The van der Waals surface area contributed by atoms with Gasteiger partial charge in [-0.1, -0.05) is 18.2 Å². The molecule has 0 unspecified atom stereocenters. The molecule has 3 N–H and O–H groups in total. The van der Waals surface area contributed by atoms with Crippen molar-refractivity contribution in [2.45, 2.75) is 38.0 Å². The molecule has 1 fully saturated rings. The Labute approximate surface area is 148 Å². The molecule has 0 aliphatic carbocycles. The Morgan fingerprint density at radius 3 is 2.52 bits per heavy atom. The summed E-state index contributed by atoms with van der Waals surface area (Å²) in [6, 6.07) is 7.61. The van der Waals surface area contributed by atoms with Gasteiger partial charge in [0.1, 0.15) is 0 Å². The van der Waals surface area contributed by atoms with Gasteiger partial charge in [0.05, 0.1) is 5.25 Å². The van der Waals surface area contributed by atoms with E-state index in [1.807, 2.05) is 24.3 Å². The second kappa shape index (κ2) is 8.46. The number of carbonyl (C=O) groups is 1. The molecule has 0 saturated carbocycles. The van der Waals surface area contributed by atoms with E-state index >= 15 is 0 Å². The van der Waals surface area contributed by atoms with Crippen LogP contribution in [-0.4, -0.2) is 43.9 Å². The summed E-state index contributed by atoms with van der Waals surface area (Å²) in [5, 5.41) is 8.14. The fourth-order valence-corrected chi connectivity index (χ4v) is 3.70. The lowest BCUT2D eigenvalue weighted by Crippen LogP contribution is -2.46. The van der Waals surface area contributed by atoms with Crippen LogP contribution < -0.4 is 15.1 Å². The van der Waals surface area contributed by atoms with Gasteiger partial charge in [0.15, 0.2) is 0 Å². The van der Waals surface area contributed by atoms with Crippen LogP contribution in [0.1, 0.15) is 32.3 Å². The number of nitrogens with one attached hydrogen (secondary N) is 2. The number of hydroxylamine groups is 1. The highest BCUT2D eigenvalue weighted by Crippen LogP contribution is 2.25. The minimum Gasteiger partial charge on any atom is -0.371 e. The molecule has 0 bridgehead atoms. The summed E-state index contributed by atoms with van der Waals surface area (Å²) >= 11 is 0. The monoisotopic (exact) mass is 367 g/mol. The Kier molecular flexibility index (Phi) is 6.57. The molecule has 1 saturated heterocycles. The van der Waals surface area contributed by atoms with Gasteiger partial charge in [0, 0.05) is 30.9 Å². The van der Waals surface area contributed by atoms with Crippen molar-refractivity contribution < 1.29 is 18.4 Å². The van der Waals surface area contributed by atoms with E-state index in [2.05, 4.69) is 9.62 Å². The quantitative estimate of drug-likeness (QED) is 0.402. The molecule has 7 nitrogen and oxygen atoms in total. The third-order valence-corrected chi connectivity index (χ3v) is 6.15. The summed E-state index contributed by atoms with van der Waals surface area (Å²) in [6.07, 6.45) is 4.36. The van der Waals surface area contributed by atoms with E-state index in [0.29, 0.717) is 0 Å². The van der Waals surface area contributed by atoms with Gasteiger partial charge in [-0.25, -0.2) is 18.6 Å². The number of para-hydroxylation sites is 1. The van der Waals surface area contributed by atoms with Crippen LogP contribution in [0.5, 0.6) is 0 Å². The number of hydrogen-bond acceptors (Lipinski definition) is 5. The van der Waals surface area contributed by atoms with Gasteiger partial charge in [-0.15, -0.1) is 0 Å². The van der Waals surface area contributed by atoms with Crippen molar-refractivity contribution in [2.24, 2.45) is 0 Å². The van der Waals surface area contributed by atoms with E-state index in [1.54, 1.807) is 25.4 Å². The number of anilines is 1. The lowest BCUT2D eigenvalue weighted by Gasteiger charge is -2.35. The van der Waals surface area contributed by atoms with Crippen LogP contribution in [0.2, 0.25) is 0 Å². The van der Waals surface area contributed by atoms with Crippen molar-refractivity contribution in [1.29, 1.82) is 0 Å².